The predicted molar refractivity (Wildman–Crippen MR) is 271 cm³/mol. The van der Waals surface area contributed by atoms with Gasteiger partial charge in [0.2, 0.25) is 11.8 Å². The highest BCUT2D eigenvalue weighted by Gasteiger charge is 2.47. The van der Waals surface area contributed by atoms with E-state index in [4.69, 9.17) is 38.0 Å². The first-order valence-electron chi connectivity index (χ1n) is 23.9. The third kappa shape index (κ3) is 8.92. The van der Waals surface area contributed by atoms with Crippen LogP contribution in [-0.2, 0) is 35.5 Å². The van der Waals surface area contributed by atoms with Gasteiger partial charge in [-0.2, -0.15) is 15.3 Å². The number of aromatic nitrogens is 8. The minimum atomic E-state index is -0.688. The molecule has 70 heavy (non-hydrogen) atoms. The van der Waals surface area contributed by atoms with Crippen molar-refractivity contribution in [1.82, 2.24) is 49.6 Å². The second kappa shape index (κ2) is 18.1. The Morgan fingerprint density at radius 3 is 2.30 bits per heavy atom. The van der Waals surface area contributed by atoms with Crippen LogP contribution in [0.3, 0.4) is 0 Å². The summed E-state index contributed by atoms with van der Waals surface area (Å²) >= 11 is 12.2. The van der Waals surface area contributed by atoms with Crippen molar-refractivity contribution in [2.75, 3.05) is 36.0 Å². The van der Waals surface area contributed by atoms with Crippen LogP contribution < -0.4 is 25.2 Å². The average Bonchev–Trinajstić information content (AvgIpc) is 4.14. The highest BCUT2D eigenvalue weighted by molar-refractivity contribution is 6.30. The molecule has 0 radical (unpaired) electrons. The van der Waals surface area contributed by atoms with Crippen molar-refractivity contribution < 1.29 is 14.3 Å². The van der Waals surface area contributed by atoms with Crippen LogP contribution in [0.2, 0.25) is 10.0 Å². The van der Waals surface area contributed by atoms with Crippen molar-refractivity contribution in [3.8, 4) is 28.0 Å². The van der Waals surface area contributed by atoms with Crippen LogP contribution in [0.25, 0.3) is 33.3 Å². The van der Waals surface area contributed by atoms with Crippen molar-refractivity contribution in [1.29, 1.82) is 0 Å². The summed E-state index contributed by atoms with van der Waals surface area (Å²) < 4.78 is 12.5. The van der Waals surface area contributed by atoms with Crippen LogP contribution >= 0.6 is 23.2 Å². The third-order valence-electron chi connectivity index (χ3n) is 13.9. The van der Waals surface area contributed by atoms with E-state index in [0.717, 1.165) is 81.9 Å². The molecular formula is C53H54Cl2N12O3. The fourth-order valence-electron chi connectivity index (χ4n) is 10.0. The molecule has 3 aliphatic heterocycles. The number of rotatable bonds is 15. The highest BCUT2D eigenvalue weighted by atomic mass is 35.5. The molecule has 11 rings (SSSR count). The van der Waals surface area contributed by atoms with Crippen molar-refractivity contribution in [2.24, 2.45) is 11.3 Å². The van der Waals surface area contributed by atoms with Gasteiger partial charge < -0.3 is 25.2 Å². The predicted octanol–water partition coefficient (Wildman–Crippen LogP) is 8.80. The van der Waals surface area contributed by atoms with Gasteiger partial charge in [-0.05, 0) is 105 Å². The maximum Gasteiger partial charge on any atom is 0.230 e. The topological polar surface area (TPSA) is 152 Å². The third-order valence-corrected chi connectivity index (χ3v) is 14.4. The van der Waals surface area contributed by atoms with Crippen LogP contribution in [0.4, 0.5) is 11.6 Å². The number of carbonyl (C=O) groups is 2. The van der Waals surface area contributed by atoms with E-state index in [1.54, 1.807) is 6.33 Å². The molecule has 0 bridgehead atoms. The van der Waals surface area contributed by atoms with Gasteiger partial charge in [0.25, 0.3) is 0 Å². The molecule has 0 unspecified atom stereocenters. The molecule has 15 nitrogen and oxygen atoms in total. The Morgan fingerprint density at radius 1 is 0.857 bits per heavy atom. The summed E-state index contributed by atoms with van der Waals surface area (Å²) in [6, 6.07) is 27.3. The second-order valence-corrected chi connectivity index (χ2v) is 20.7. The molecule has 0 saturated carbocycles. The van der Waals surface area contributed by atoms with Crippen LogP contribution in [-0.4, -0.2) is 82.6 Å². The van der Waals surface area contributed by atoms with Gasteiger partial charge in [-0.1, -0.05) is 66.5 Å². The summed E-state index contributed by atoms with van der Waals surface area (Å²) in [7, 11) is 0. The van der Waals surface area contributed by atoms with Crippen LogP contribution in [0.1, 0.15) is 69.2 Å². The van der Waals surface area contributed by atoms with Gasteiger partial charge in [0, 0.05) is 90.5 Å². The minimum absolute atomic E-state index is 0.0151. The van der Waals surface area contributed by atoms with Gasteiger partial charge in [0.05, 0.1) is 23.6 Å². The summed E-state index contributed by atoms with van der Waals surface area (Å²) in [5.74, 6) is 2.83. The van der Waals surface area contributed by atoms with Gasteiger partial charge in [-0.25, -0.2) is 19.0 Å². The molecule has 2 N–H and O–H groups in total. The first kappa shape index (κ1) is 45.5. The molecule has 2 amide bonds. The standard InChI is InChI=1S/C53H54Cl2N12O3/c1-5-43(35-10-16-40(55)17-11-35)60-51(69)53(4)30-64(31-53)49-46-22-37(42-25-58-65-20-6-7-44(42)65)29-67(46)62-47(61-49)23-52(2,3)70-41-18-12-34(13-19-41)36-21-45-48(57-32-59-66(45)28-36)63-26-38(27-63)50(68)56-24-33-8-14-39(54)15-9-33/h8-19,21-22,25,28-29,32,38,43H,5-7,20,23-24,26-27,30-31H2,1-4H3,(H,56,68)(H,60,69)/t43-/m0/s1. The zero-order chi connectivity index (χ0) is 48.3. The monoisotopic (exact) mass is 976 g/mol. The molecule has 8 aromatic rings. The van der Waals surface area contributed by atoms with E-state index in [1.807, 2.05) is 115 Å². The molecule has 0 spiro atoms. The quantitative estimate of drug-likeness (QED) is 0.102. The van der Waals surface area contributed by atoms with Crippen molar-refractivity contribution in [3.63, 3.8) is 0 Å². The number of benzene rings is 3. The maximum atomic E-state index is 13.9. The number of halogens is 2. The molecule has 358 valence electrons. The molecule has 2 fully saturated rings. The summed E-state index contributed by atoms with van der Waals surface area (Å²) in [4.78, 5) is 41.0. The van der Waals surface area contributed by atoms with Crippen LogP contribution in [0.15, 0.2) is 110 Å². The van der Waals surface area contributed by atoms with Crippen molar-refractivity contribution in [3.05, 3.63) is 143 Å². The molecule has 0 aliphatic carbocycles. The average molecular weight is 978 g/mol. The number of nitrogens with one attached hydrogen (secondary N) is 2. The van der Waals surface area contributed by atoms with Crippen LogP contribution in [0.5, 0.6) is 5.75 Å². The fraction of sp³-hybridized carbons (Fsp3) is 0.340. The number of hydrogen-bond acceptors (Lipinski definition) is 10. The number of amides is 2. The summed E-state index contributed by atoms with van der Waals surface area (Å²) in [6.45, 7) is 11.7. The van der Waals surface area contributed by atoms with E-state index in [-0.39, 0.29) is 23.8 Å². The first-order chi connectivity index (χ1) is 33.8. The van der Waals surface area contributed by atoms with E-state index in [1.165, 1.54) is 5.69 Å². The van der Waals surface area contributed by atoms with E-state index in [0.29, 0.717) is 60.8 Å². The SMILES string of the molecule is CC[C@H](NC(=O)C1(C)CN(c2nc(CC(C)(C)Oc3ccc(-c4cc5c(N6CC(C(=O)NCc7ccc(Cl)cc7)C6)ncnn5c4)cc3)nn3cc(-c4cnn5c4CCC5)cc23)C1)c1ccc(Cl)cc1. The molecule has 3 aromatic carbocycles. The number of nitrogens with zero attached hydrogens (tertiary/aromatic N) is 10. The Morgan fingerprint density at radius 2 is 1.56 bits per heavy atom. The molecule has 2 saturated heterocycles. The number of ether oxygens (including phenoxy) is 1. The summed E-state index contributed by atoms with van der Waals surface area (Å²) in [5.41, 5.74) is 7.85. The van der Waals surface area contributed by atoms with Gasteiger partial charge in [-0.15, -0.1) is 0 Å². The number of carbonyl (C=O) groups excluding carboxylic acids is 2. The van der Waals surface area contributed by atoms with E-state index < -0.39 is 11.0 Å². The Hall–Kier alpha value is -6.97. The molecule has 3 aliphatic rings. The van der Waals surface area contributed by atoms with E-state index >= 15 is 0 Å². The number of hydrogen-bond donors (Lipinski definition) is 2. The maximum absolute atomic E-state index is 13.9. The largest absolute Gasteiger partial charge is 0.487 e. The number of fused-ring (bicyclic) bond motifs is 3. The van der Waals surface area contributed by atoms with Crippen molar-refractivity contribution >= 4 is 57.7 Å². The molecule has 8 heterocycles. The van der Waals surface area contributed by atoms with Gasteiger partial charge in [0.15, 0.2) is 17.5 Å². The summed E-state index contributed by atoms with van der Waals surface area (Å²) in [6.07, 6.45) is 10.8. The van der Waals surface area contributed by atoms with Gasteiger partial charge >= 0.3 is 0 Å². The van der Waals surface area contributed by atoms with Gasteiger partial charge in [-0.3, -0.25) is 14.3 Å². The number of aryl methyl sites for hydroxylation is 1. The summed E-state index contributed by atoms with van der Waals surface area (Å²) in [5, 5.41) is 21.9. The first-order valence-corrected chi connectivity index (χ1v) is 24.7. The zero-order valence-electron chi connectivity index (χ0n) is 39.6. The lowest BCUT2D eigenvalue weighted by Crippen LogP contribution is -2.62. The highest BCUT2D eigenvalue weighted by Crippen LogP contribution is 2.39. The van der Waals surface area contributed by atoms with E-state index in [2.05, 4.69) is 65.5 Å². The Kier molecular flexibility index (Phi) is 11.7. The zero-order valence-corrected chi connectivity index (χ0v) is 41.1. The van der Waals surface area contributed by atoms with Crippen molar-refractivity contribution in [2.45, 2.75) is 78.1 Å². The molecule has 1 atom stereocenters. The Bertz CT molecular complexity index is 3240. The normalized spacial score (nSPS) is 16.0. The molecule has 5 aromatic heterocycles. The van der Waals surface area contributed by atoms with Crippen LogP contribution in [0, 0.1) is 11.3 Å². The molecule has 17 heteroatoms. The fourth-order valence-corrected chi connectivity index (χ4v) is 10.3. The lowest BCUT2D eigenvalue weighted by molar-refractivity contribution is -0.132. The Labute approximate surface area is 415 Å². The second-order valence-electron chi connectivity index (χ2n) is 19.8. The van der Waals surface area contributed by atoms with E-state index in [9.17, 15) is 9.59 Å². The smallest absolute Gasteiger partial charge is 0.230 e. The lowest BCUT2D eigenvalue weighted by atomic mass is 9.80. The molecular weight excluding hydrogens is 924 g/mol. The minimum Gasteiger partial charge on any atom is -0.487 e. The Balaban J connectivity index is 0.778. The lowest BCUT2D eigenvalue weighted by Gasteiger charge is -2.48. The van der Waals surface area contributed by atoms with Gasteiger partial charge in [0.1, 0.15) is 28.7 Å². The number of anilines is 2.